The lowest BCUT2D eigenvalue weighted by Gasteiger charge is -2.19. The van der Waals surface area contributed by atoms with Crippen LogP contribution in [0.2, 0.25) is 0 Å². The Morgan fingerprint density at radius 2 is 1.32 bits per heavy atom. The number of unbranched alkanes of at least 4 members (excludes halogenated alkanes) is 1. The van der Waals surface area contributed by atoms with Crippen LogP contribution in [-0.4, -0.2) is 24.3 Å². The number of hydrogen-bond acceptors (Lipinski definition) is 4. The summed E-state index contributed by atoms with van der Waals surface area (Å²) in [7, 11) is 0. The number of anilines is 1. The van der Waals surface area contributed by atoms with Gasteiger partial charge in [0, 0.05) is 22.4 Å². The van der Waals surface area contributed by atoms with E-state index in [1.807, 2.05) is 12.1 Å². The van der Waals surface area contributed by atoms with E-state index in [-0.39, 0.29) is 11.3 Å². The molecule has 0 aliphatic heterocycles. The van der Waals surface area contributed by atoms with Crippen molar-refractivity contribution >= 4 is 39.3 Å². The van der Waals surface area contributed by atoms with Crippen LogP contribution < -0.4 is 20.9 Å². The largest absolute Gasteiger partial charge is 0.492 e. The molecular weight excluding hydrogens is 534 g/mol. The number of rotatable bonds is 8. The smallest absolute Gasteiger partial charge is 0.269 e. The second-order valence-corrected chi connectivity index (χ2v) is 10.5. The van der Waals surface area contributed by atoms with Crippen LogP contribution in [0.4, 0.5) is 5.69 Å². The van der Waals surface area contributed by atoms with Crippen LogP contribution in [0.5, 0.6) is 5.75 Å². The predicted molar refractivity (Wildman–Crippen MR) is 149 cm³/mol. The van der Waals surface area contributed by atoms with Gasteiger partial charge in [-0.25, -0.2) is 0 Å². The Hall–Kier alpha value is -3.65. The Kier molecular flexibility index (Phi) is 9.47. The summed E-state index contributed by atoms with van der Waals surface area (Å²) in [5.41, 5.74) is 7.76. The minimum atomic E-state index is -0.484. The van der Waals surface area contributed by atoms with Crippen LogP contribution in [0, 0.1) is 0 Å². The van der Waals surface area contributed by atoms with Crippen molar-refractivity contribution in [2.24, 2.45) is 0 Å². The maximum Gasteiger partial charge on any atom is 0.269 e. The van der Waals surface area contributed by atoms with Crippen molar-refractivity contribution in [2.75, 3.05) is 11.9 Å². The van der Waals surface area contributed by atoms with Crippen molar-refractivity contribution in [3.8, 4) is 5.75 Å². The molecule has 3 amide bonds. The summed E-state index contributed by atoms with van der Waals surface area (Å²) in [6.07, 6.45) is 1.97. The molecule has 0 aromatic heterocycles. The molecule has 194 valence electrons. The fraction of sp³-hybridized carbons (Fsp3) is 0.276. The number of ether oxygens (including phenoxy) is 1. The Morgan fingerprint density at radius 1 is 0.784 bits per heavy atom. The Labute approximate surface area is 226 Å². The van der Waals surface area contributed by atoms with Crippen LogP contribution in [0.15, 0.2) is 71.2 Å². The first-order valence-corrected chi connectivity index (χ1v) is 12.9. The minimum absolute atomic E-state index is 0.00913. The number of carbonyl (C=O) groups excluding carboxylic acids is 3. The number of nitrogens with one attached hydrogen (secondary N) is 3. The topological polar surface area (TPSA) is 96.5 Å². The van der Waals surface area contributed by atoms with Crippen LogP contribution >= 0.6 is 15.9 Å². The molecule has 0 heterocycles. The summed E-state index contributed by atoms with van der Waals surface area (Å²) < 4.78 is 6.33. The van der Waals surface area contributed by atoms with Gasteiger partial charge in [0.05, 0.1) is 11.1 Å². The molecule has 0 unspecified atom stereocenters. The van der Waals surface area contributed by atoms with E-state index in [0.29, 0.717) is 39.2 Å². The molecule has 8 heteroatoms. The molecule has 7 nitrogen and oxygen atoms in total. The van der Waals surface area contributed by atoms with E-state index < -0.39 is 11.8 Å². The molecule has 0 radical (unpaired) electrons. The van der Waals surface area contributed by atoms with Gasteiger partial charge in [0.25, 0.3) is 17.7 Å². The fourth-order valence-electron chi connectivity index (χ4n) is 3.37. The zero-order valence-electron chi connectivity index (χ0n) is 21.5. The molecule has 0 saturated carbocycles. The molecule has 3 N–H and O–H groups in total. The van der Waals surface area contributed by atoms with Crippen molar-refractivity contribution in [3.63, 3.8) is 0 Å². The molecule has 3 aromatic carbocycles. The van der Waals surface area contributed by atoms with E-state index in [2.05, 4.69) is 59.8 Å². The van der Waals surface area contributed by atoms with Crippen molar-refractivity contribution < 1.29 is 19.1 Å². The molecule has 0 bridgehead atoms. The van der Waals surface area contributed by atoms with Gasteiger partial charge in [0.1, 0.15) is 5.75 Å². The highest BCUT2D eigenvalue weighted by atomic mass is 79.9. The highest BCUT2D eigenvalue weighted by molar-refractivity contribution is 9.10. The highest BCUT2D eigenvalue weighted by Gasteiger charge is 2.15. The predicted octanol–water partition coefficient (Wildman–Crippen LogP) is 6.25. The fourth-order valence-corrected chi connectivity index (χ4v) is 3.87. The van der Waals surface area contributed by atoms with Gasteiger partial charge in [0.2, 0.25) is 0 Å². The molecule has 3 aromatic rings. The van der Waals surface area contributed by atoms with E-state index >= 15 is 0 Å². The lowest BCUT2D eigenvalue weighted by Crippen LogP contribution is -2.41. The first kappa shape index (κ1) is 27.9. The Bertz CT molecular complexity index is 1250. The van der Waals surface area contributed by atoms with Crippen LogP contribution in [0.25, 0.3) is 0 Å². The van der Waals surface area contributed by atoms with Crippen molar-refractivity contribution in [1.29, 1.82) is 0 Å². The first-order valence-electron chi connectivity index (χ1n) is 12.1. The standard InChI is InChI=1S/C29H32BrN3O4/c1-5-6-17-37-25-16-11-21(18-24(25)30)28(36)33-32-27(35)20-9-14-23(15-10-20)31-26(34)19-7-12-22(13-8-19)29(2,3)4/h7-16,18H,5-6,17H2,1-4H3,(H,31,34)(H,32,35)(H,33,36). The van der Waals surface area contributed by atoms with E-state index in [4.69, 9.17) is 4.74 Å². The third kappa shape index (κ3) is 7.92. The number of carbonyl (C=O) groups is 3. The number of halogens is 1. The molecule has 0 atom stereocenters. The number of benzene rings is 3. The number of hydrazine groups is 1. The third-order valence-electron chi connectivity index (χ3n) is 5.66. The molecule has 0 aliphatic carbocycles. The van der Waals surface area contributed by atoms with Gasteiger partial charge in [0.15, 0.2) is 0 Å². The van der Waals surface area contributed by atoms with Gasteiger partial charge in [-0.3, -0.25) is 25.2 Å². The number of hydrogen-bond donors (Lipinski definition) is 3. The summed E-state index contributed by atoms with van der Waals surface area (Å²) >= 11 is 3.41. The molecule has 0 saturated heterocycles. The van der Waals surface area contributed by atoms with Crippen molar-refractivity contribution in [3.05, 3.63) is 93.5 Å². The van der Waals surface area contributed by atoms with E-state index in [1.165, 1.54) is 0 Å². The lowest BCUT2D eigenvalue weighted by atomic mass is 9.87. The molecule has 0 fully saturated rings. The highest BCUT2D eigenvalue weighted by Crippen LogP contribution is 2.26. The number of amides is 3. The van der Waals surface area contributed by atoms with Crippen LogP contribution in [0.3, 0.4) is 0 Å². The molecular formula is C29H32BrN3O4. The normalized spacial score (nSPS) is 10.9. The van der Waals surface area contributed by atoms with Gasteiger partial charge in [-0.05, 0) is 87.9 Å². The van der Waals surface area contributed by atoms with Gasteiger partial charge in [-0.2, -0.15) is 0 Å². The molecule has 3 rings (SSSR count). The van der Waals surface area contributed by atoms with Gasteiger partial charge >= 0.3 is 0 Å². The molecule has 37 heavy (non-hydrogen) atoms. The maximum atomic E-state index is 12.6. The minimum Gasteiger partial charge on any atom is -0.492 e. The lowest BCUT2D eigenvalue weighted by molar-refractivity contribution is 0.0846. The summed E-state index contributed by atoms with van der Waals surface area (Å²) in [6.45, 7) is 9.04. The Balaban J connectivity index is 1.53. The van der Waals surface area contributed by atoms with Crippen LogP contribution in [0.1, 0.15) is 77.2 Å². The average Bonchev–Trinajstić information content (AvgIpc) is 2.88. The van der Waals surface area contributed by atoms with E-state index in [0.717, 1.165) is 18.4 Å². The zero-order valence-corrected chi connectivity index (χ0v) is 23.1. The van der Waals surface area contributed by atoms with E-state index in [1.54, 1.807) is 54.6 Å². The zero-order chi connectivity index (χ0) is 27.0. The van der Waals surface area contributed by atoms with Gasteiger partial charge < -0.3 is 10.1 Å². The monoisotopic (exact) mass is 565 g/mol. The van der Waals surface area contributed by atoms with Crippen LogP contribution in [-0.2, 0) is 5.41 Å². The second-order valence-electron chi connectivity index (χ2n) is 9.61. The summed E-state index contributed by atoms with van der Waals surface area (Å²) in [4.78, 5) is 37.5. The van der Waals surface area contributed by atoms with Crippen molar-refractivity contribution in [1.82, 2.24) is 10.9 Å². The van der Waals surface area contributed by atoms with E-state index in [9.17, 15) is 14.4 Å². The molecule has 0 aliphatic rings. The quantitative estimate of drug-likeness (QED) is 0.222. The summed E-state index contributed by atoms with van der Waals surface area (Å²) in [5, 5.41) is 2.82. The summed E-state index contributed by atoms with van der Waals surface area (Å²) in [5.74, 6) is -0.529. The Morgan fingerprint density at radius 3 is 1.89 bits per heavy atom. The SMILES string of the molecule is CCCCOc1ccc(C(=O)NNC(=O)c2ccc(NC(=O)c3ccc(C(C)(C)C)cc3)cc2)cc1Br. The second kappa shape index (κ2) is 12.5. The summed E-state index contributed by atoms with van der Waals surface area (Å²) in [6, 6.07) is 18.9. The van der Waals surface area contributed by atoms with Gasteiger partial charge in [-0.15, -0.1) is 0 Å². The first-order chi connectivity index (χ1) is 17.6. The maximum absolute atomic E-state index is 12.6. The molecule has 0 spiro atoms. The average molecular weight is 566 g/mol. The van der Waals surface area contributed by atoms with Gasteiger partial charge in [-0.1, -0.05) is 46.2 Å². The third-order valence-corrected chi connectivity index (χ3v) is 6.28. The van der Waals surface area contributed by atoms with Crippen molar-refractivity contribution in [2.45, 2.75) is 46.0 Å².